The largest absolute Gasteiger partial charge is 0.507 e. The van der Waals surface area contributed by atoms with Crippen LogP contribution in [0.25, 0.3) is 16.7 Å². The van der Waals surface area contributed by atoms with Crippen LogP contribution in [0.1, 0.15) is 115 Å². The second kappa shape index (κ2) is 24.7. The quantitative estimate of drug-likeness (QED) is 0.0995. The van der Waals surface area contributed by atoms with Gasteiger partial charge in [0.2, 0.25) is 17.0 Å². The van der Waals surface area contributed by atoms with Gasteiger partial charge in [-0.25, -0.2) is 22.9 Å². The third kappa shape index (κ3) is 11.7. The number of carboxylic acid groups (broad SMARTS) is 1. The standard InChI is InChI=1S/C62H69F3N6O15/c1-28-11-10-12-29(2)60(80)67-47-48(69-20-16-37(17-21-69)66-25-35-15-19-70(26-35)59-41(65)24-38-52(76)39(61(81)82)27-71(58(38)68-59)42-14-13-36(63)23-40(42)64)54(78)44-45(53(47)77)51(75)33(6)56-46(44)57(79)62(8,86-56)84-22-18-43(83-9)30(3)55(85-34(7)72)32(5)50(74)31(4)49(28)73/h10-14,18,22-24,27-28,30-32,35,37,43,49-50,55,66,73-75H,15-17,19-21,25-26H2,1-9H3,(H,67,80)(H,81,82)/t28-,30+,31+,32+,35?,43-,49-,50+,55+,62-/m0/s1. The maximum Gasteiger partial charge on any atom is 0.341 e. The van der Waals surface area contributed by atoms with E-state index in [-0.39, 0.29) is 76.9 Å². The van der Waals surface area contributed by atoms with Crippen molar-refractivity contribution >= 4 is 52.0 Å². The van der Waals surface area contributed by atoms with E-state index in [1.165, 1.54) is 53.0 Å². The number of methoxy groups -OCH3 is 1. The molecule has 86 heavy (non-hydrogen) atoms. The van der Waals surface area contributed by atoms with Crippen LogP contribution in [0.2, 0.25) is 0 Å². The second-order valence-electron chi connectivity index (χ2n) is 23.1. The highest BCUT2D eigenvalue weighted by Crippen LogP contribution is 2.49. The van der Waals surface area contributed by atoms with E-state index in [1.807, 2.05) is 0 Å². The summed E-state index contributed by atoms with van der Waals surface area (Å²) in [6, 6.07) is 3.28. The predicted octanol–water partition coefficient (Wildman–Crippen LogP) is 6.35. The van der Waals surface area contributed by atoms with Gasteiger partial charge in [-0.15, -0.1) is 0 Å². The number of hydrogen-bond acceptors (Lipinski definition) is 18. The Hall–Kier alpha value is -8.19. The SMILES string of the molecule is CO[C@H]1C=CO[C@@]2(C)Oc3c(C)c(O)c4c(c3C2=O)C(=O)C(N2CCC(NCC3CCN(c5nc6c(cc5F)c(=O)c(C(=O)O)cn6-c5ccc(F)cc5F)C3)CC2)=C(NC(=O)C(C)=CC=C[C@H](C)[C@H](O)[C@@H](C)[C@@H](O)[C@@H](C)[C@H](OC(C)=O)[C@@H]1C)C4=O. The lowest BCUT2D eigenvalue weighted by atomic mass is 9.78. The number of hydrogen-bond donors (Lipinski definition) is 6. The summed E-state index contributed by atoms with van der Waals surface area (Å²) >= 11 is 0. The number of ether oxygens (including phenoxy) is 4. The highest BCUT2D eigenvalue weighted by atomic mass is 19.1. The van der Waals surface area contributed by atoms with Crippen LogP contribution in [0.5, 0.6) is 11.5 Å². The smallest absolute Gasteiger partial charge is 0.341 e. The number of nitrogens with one attached hydrogen (secondary N) is 2. The van der Waals surface area contributed by atoms with Crippen LogP contribution in [-0.4, -0.2) is 146 Å². The minimum absolute atomic E-state index is 0.0624. The Bertz CT molecular complexity index is 3650. The first-order chi connectivity index (χ1) is 40.7. The summed E-state index contributed by atoms with van der Waals surface area (Å²) in [4.78, 5) is 105. The fourth-order valence-corrected chi connectivity index (χ4v) is 12.3. The van der Waals surface area contributed by atoms with Crippen LogP contribution < -0.4 is 25.7 Å². The number of fused-ring (bicyclic) bond motifs is 15. The number of esters is 1. The Kier molecular flexibility index (Phi) is 17.9. The third-order valence-corrected chi connectivity index (χ3v) is 17.3. The number of aliphatic hydroxyl groups excluding tert-OH is 2. The lowest BCUT2D eigenvalue weighted by Gasteiger charge is -2.38. The van der Waals surface area contributed by atoms with Crippen molar-refractivity contribution in [2.24, 2.45) is 29.6 Å². The number of Topliss-reactive ketones (excluding diaryl/α,β-unsaturated/α-hetero) is 3. The number of halogens is 3. The topological polar surface area (TPSA) is 286 Å². The van der Waals surface area contributed by atoms with Crippen LogP contribution in [0.3, 0.4) is 0 Å². The molecule has 6 N–H and O–H groups in total. The number of likely N-dealkylation sites (tertiary alicyclic amines) is 1. The molecule has 5 aliphatic heterocycles. The Morgan fingerprint density at radius 3 is 2.24 bits per heavy atom. The van der Waals surface area contributed by atoms with Crippen molar-refractivity contribution in [2.75, 3.05) is 44.7 Å². The predicted molar refractivity (Wildman–Crippen MR) is 305 cm³/mol. The minimum atomic E-state index is -2.18. The molecule has 458 valence electrons. The van der Waals surface area contributed by atoms with E-state index in [9.17, 15) is 48.8 Å². The van der Waals surface area contributed by atoms with Gasteiger partial charge in [-0.2, -0.15) is 0 Å². The molecule has 10 atom stereocenters. The highest BCUT2D eigenvalue weighted by molar-refractivity contribution is 6.32. The minimum Gasteiger partial charge on any atom is -0.507 e. The molecular weight excluding hydrogens is 1130 g/mol. The Balaban J connectivity index is 0.986. The summed E-state index contributed by atoms with van der Waals surface area (Å²) < 4.78 is 69.8. The molecule has 7 heterocycles. The number of ketones is 3. The molecule has 1 amide bonds. The Morgan fingerprint density at radius 1 is 0.884 bits per heavy atom. The first kappa shape index (κ1) is 62.3. The summed E-state index contributed by atoms with van der Waals surface area (Å²) in [5, 5.41) is 50.5. The maximum absolute atomic E-state index is 16.0. The van der Waals surface area contributed by atoms with E-state index in [1.54, 1.807) is 43.6 Å². The average molecular weight is 1200 g/mol. The van der Waals surface area contributed by atoms with E-state index in [4.69, 9.17) is 18.9 Å². The van der Waals surface area contributed by atoms with Crippen LogP contribution in [0.4, 0.5) is 19.0 Å². The van der Waals surface area contributed by atoms with Gasteiger partial charge in [0, 0.05) is 100 Å². The molecule has 24 heteroatoms. The number of aromatic hydroxyl groups is 1. The summed E-state index contributed by atoms with van der Waals surface area (Å²) in [6.45, 7) is 13.5. The molecule has 0 saturated carbocycles. The van der Waals surface area contributed by atoms with Gasteiger partial charge >= 0.3 is 17.7 Å². The number of amides is 1. The number of benzene rings is 2. The first-order valence-corrected chi connectivity index (χ1v) is 28.4. The molecule has 1 aliphatic carbocycles. The average Bonchev–Trinajstić information content (AvgIpc) is 1.59. The van der Waals surface area contributed by atoms with Crippen molar-refractivity contribution in [3.8, 4) is 17.2 Å². The molecule has 21 nitrogen and oxygen atoms in total. The summed E-state index contributed by atoms with van der Waals surface area (Å²) in [5.74, 6) is -14.7. The molecular formula is C62H69F3N6O15. The molecule has 2 aromatic heterocycles. The van der Waals surface area contributed by atoms with Gasteiger partial charge in [-0.3, -0.25) is 33.3 Å². The number of nitrogens with zero attached hydrogens (tertiary/aromatic N) is 4. The number of anilines is 1. The van der Waals surface area contributed by atoms with Crippen LogP contribution >= 0.6 is 0 Å². The van der Waals surface area contributed by atoms with Gasteiger partial charge in [0.15, 0.2) is 17.3 Å². The van der Waals surface area contributed by atoms with Gasteiger partial charge in [0.25, 0.3) is 11.7 Å². The normalized spacial score (nSPS) is 26.9. The zero-order chi connectivity index (χ0) is 62.5. The van der Waals surface area contributed by atoms with Crippen molar-refractivity contribution < 1.29 is 81.3 Å². The molecule has 1 unspecified atom stereocenters. The van der Waals surface area contributed by atoms with E-state index < -0.39 is 145 Å². The number of carboxylic acids is 1. The third-order valence-electron chi connectivity index (χ3n) is 17.3. The zero-order valence-electron chi connectivity index (χ0n) is 48.9. The fraction of sp³-hybridized carbons (Fsp3) is 0.452. The fourth-order valence-electron chi connectivity index (χ4n) is 12.3. The number of phenolic OH excluding ortho intramolecular Hbond substituents is 1. The number of piperidine rings is 1. The lowest BCUT2D eigenvalue weighted by Crippen LogP contribution is -2.47. The molecule has 2 saturated heterocycles. The summed E-state index contributed by atoms with van der Waals surface area (Å²) in [5.41, 5.74) is -4.35. The van der Waals surface area contributed by atoms with Gasteiger partial charge in [-0.1, -0.05) is 45.9 Å². The van der Waals surface area contributed by atoms with E-state index in [2.05, 4.69) is 15.6 Å². The summed E-state index contributed by atoms with van der Waals surface area (Å²) in [6.07, 6.45) is 5.25. The molecule has 10 rings (SSSR count). The summed E-state index contributed by atoms with van der Waals surface area (Å²) in [7, 11) is 1.40. The van der Waals surface area contributed by atoms with Crippen LogP contribution in [0.15, 0.2) is 82.8 Å². The van der Waals surface area contributed by atoms with E-state index >= 15 is 18.4 Å². The molecule has 2 fully saturated rings. The Labute approximate surface area is 492 Å². The Morgan fingerprint density at radius 2 is 1.58 bits per heavy atom. The number of pyridine rings is 2. The molecule has 2 aromatic carbocycles. The monoisotopic (exact) mass is 1190 g/mol. The van der Waals surface area contributed by atoms with Crippen molar-refractivity contribution in [1.82, 2.24) is 25.1 Å². The lowest BCUT2D eigenvalue weighted by molar-refractivity contribution is -0.160. The number of aliphatic hydroxyl groups is 2. The number of allylic oxidation sites excluding steroid dienone is 4. The van der Waals surface area contributed by atoms with E-state index in [0.717, 1.165) is 35.2 Å². The molecule has 4 aromatic rings. The molecule has 5 bridgehead atoms. The van der Waals surface area contributed by atoms with Gasteiger partial charge in [0.05, 0.1) is 52.3 Å². The maximum atomic E-state index is 16.0. The van der Waals surface area contributed by atoms with Crippen LogP contribution in [0, 0.1) is 54.0 Å². The van der Waals surface area contributed by atoms with Crippen molar-refractivity contribution in [3.63, 3.8) is 0 Å². The highest BCUT2D eigenvalue weighted by Gasteiger charge is 2.53. The van der Waals surface area contributed by atoms with Crippen LogP contribution in [-0.2, 0) is 23.8 Å². The number of carbonyl (C=O) groups excluding carboxylic acids is 5. The zero-order valence-corrected chi connectivity index (χ0v) is 48.9. The molecule has 0 radical (unpaired) electrons. The van der Waals surface area contributed by atoms with Crippen molar-refractivity contribution in [3.05, 3.63) is 133 Å². The number of aromatic carboxylic acids is 1. The van der Waals surface area contributed by atoms with Crippen molar-refractivity contribution in [2.45, 2.75) is 111 Å². The molecule has 0 spiro atoms. The first-order valence-electron chi connectivity index (χ1n) is 28.4. The van der Waals surface area contributed by atoms with Crippen molar-refractivity contribution in [1.29, 1.82) is 0 Å². The van der Waals surface area contributed by atoms with E-state index in [0.29, 0.717) is 38.4 Å². The van der Waals surface area contributed by atoms with Gasteiger partial charge in [-0.05, 0) is 69.8 Å². The molecule has 6 aliphatic rings. The van der Waals surface area contributed by atoms with Gasteiger partial charge < -0.3 is 59.8 Å². The number of rotatable bonds is 9. The number of carbonyl (C=O) groups is 6. The second-order valence-corrected chi connectivity index (χ2v) is 23.1. The van der Waals surface area contributed by atoms with Gasteiger partial charge in [0.1, 0.15) is 46.2 Å². The number of phenols is 1. The number of aromatic nitrogens is 2.